The molecule has 74 valence electrons. The molecular formula is C10H9BrClNS. The molecule has 14 heavy (non-hydrogen) atoms. The fourth-order valence-electron chi connectivity index (χ4n) is 1.24. The zero-order valence-electron chi connectivity index (χ0n) is 7.41. The molecule has 0 fully saturated rings. The molecule has 0 N–H and O–H groups in total. The predicted octanol–water partition coefficient (Wildman–Crippen LogP) is 4.04. The number of rotatable bonds is 1. The van der Waals surface area contributed by atoms with Gasteiger partial charge in [0.15, 0.2) is 0 Å². The van der Waals surface area contributed by atoms with Crippen molar-refractivity contribution in [2.75, 3.05) is 16.6 Å². The highest BCUT2D eigenvalue weighted by Gasteiger charge is 2.12. The minimum Gasteiger partial charge on any atom is -0.311 e. The third-order valence-corrected chi connectivity index (χ3v) is 3.71. The largest absolute Gasteiger partial charge is 0.311 e. The summed E-state index contributed by atoms with van der Waals surface area (Å²) in [7, 11) is 0. The standard InChI is InChI=1S/C10H9BrClNS/c11-8-1-3-10(4-2-8)13-7-9(12)5-6-14-13/h1-5H,6-7H2. The smallest absolute Gasteiger partial charge is 0.0650 e. The minimum atomic E-state index is 0.799. The number of hydrogen-bond acceptors (Lipinski definition) is 2. The quantitative estimate of drug-likeness (QED) is 0.718. The van der Waals surface area contributed by atoms with Crippen LogP contribution in [-0.4, -0.2) is 12.3 Å². The van der Waals surface area contributed by atoms with Crippen LogP contribution in [0.1, 0.15) is 0 Å². The lowest BCUT2D eigenvalue weighted by molar-refractivity contribution is 1.16. The van der Waals surface area contributed by atoms with Crippen molar-refractivity contribution in [3.05, 3.63) is 39.8 Å². The number of halogens is 2. The molecule has 1 aliphatic heterocycles. The van der Waals surface area contributed by atoms with Crippen molar-refractivity contribution in [1.82, 2.24) is 0 Å². The van der Waals surface area contributed by atoms with Crippen molar-refractivity contribution in [3.8, 4) is 0 Å². The van der Waals surface area contributed by atoms with Gasteiger partial charge in [-0.1, -0.05) is 33.6 Å². The summed E-state index contributed by atoms with van der Waals surface area (Å²) in [5.74, 6) is 0.953. The van der Waals surface area contributed by atoms with Gasteiger partial charge >= 0.3 is 0 Å². The summed E-state index contributed by atoms with van der Waals surface area (Å²) in [6.45, 7) is 0.799. The Kier molecular flexibility index (Phi) is 3.42. The maximum atomic E-state index is 5.99. The monoisotopic (exact) mass is 289 g/mol. The molecule has 0 bridgehead atoms. The lowest BCUT2D eigenvalue weighted by atomic mass is 10.3. The second-order valence-electron chi connectivity index (χ2n) is 2.96. The summed E-state index contributed by atoms with van der Waals surface area (Å²) >= 11 is 11.2. The first-order valence-corrected chi connectivity index (χ1v) is 6.37. The predicted molar refractivity (Wildman–Crippen MR) is 67.9 cm³/mol. The van der Waals surface area contributed by atoms with E-state index in [1.807, 2.05) is 12.1 Å². The van der Waals surface area contributed by atoms with E-state index in [1.165, 1.54) is 5.69 Å². The molecule has 0 amide bonds. The normalized spacial score (nSPS) is 16.7. The van der Waals surface area contributed by atoms with E-state index in [2.05, 4.69) is 38.4 Å². The van der Waals surface area contributed by atoms with Gasteiger partial charge in [0, 0.05) is 20.9 Å². The fourth-order valence-corrected chi connectivity index (χ4v) is 2.82. The Morgan fingerprint density at radius 2 is 2.00 bits per heavy atom. The Bertz CT molecular complexity index is 350. The van der Waals surface area contributed by atoms with E-state index in [-0.39, 0.29) is 0 Å². The molecule has 0 spiro atoms. The molecule has 4 heteroatoms. The molecule has 0 aliphatic carbocycles. The van der Waals surface area contributed by atoms with Gasteiger partial charge in [0.05, 0.1) is 6.54 Å². The molecule has 1 nitrogen and oxygen atoms in total. The average Bonchev–Trinajstić information content (AvgIpc) is 2.19. The lowest BCUT2D eigenvalue weighted by Gasteiger charge is -2.25. The second kappa shape index (κ2) is 4.60. The molecular weight excluding hydrogens is 282 g/mol. The maximum absolute atomic E-state index is 5.99. The SMILES string of the molecule is ClC1=CCSN(c2ccc(Br)cc2)C1. The lowest BCUT2D eigenvalue weighted by Crippen LogP contribution is -2.19. The van der Waals surface area contributed by atoms with E-state index >= 15 is 0 Å². The summed E-state index contributed by atoms with van der Waals surface area (Å²) in [5, 5.41) is 0.923. The Morgan fingerprint density at radius 1 is 1.29 bits per heavy atom. The molecule has 0 radical (unpaired) electrons. The molecule has 1 aromatic rings. The van der Waals surface area contributed by atoms with E-state index in [0.29, 0.717) is 0 Å². The van der Waals surface area contributed by atoms with Crippen LogP contribution in [0.2, 0.25) is 0 Å². The zero-order chi connectivity index (χ0) is 9.97. The second-order valence-corrected chi connectivity index (χ2v) is 5.39. The van der Waals surface area contributed by atoms with Gasteiger partial charge in [-0.2, -0.15) is 0 Å². The zero-order valence-corrected chi connectivity index (χ0v) is 10.6. The maximum Gasteiger partial charge on any atom is 0.0650 e. The van der Waals surface area contributed by atoms with Crippen LogP contribution in [0.5, 0.6) is 0 Å². The van der Waals surface area contributed by atoms with Crippen LogP contribution in [0.3, 0.4) is 0 Å². The van der Waals surface area contributed by atoms with E-state index < -0.39 is 0 Å². The fraction of sp³-hybridized carbons (Fsp3) is 0.200. The van der Waals surface area contributed by atoms with Gasteiger partial charge in [0.2, 0.25) is 0 Å². The van der Waals surface area contributed by atoms with Crippen LogP contribution in [-0.2, 0) is 0 Å². The molecule has 0 saturated heterocycles. The van der Waals surface area contributed by atoms with E-state index in [4.69, 9.17) is 11.6 Å². The molecule has 0 unspecified atom stereocenters. The van der Waals surface area contributed by atoms with Crippen molar-refractivity contribution in [2.24, 2.45) is 0 Å². The first-order valence-electron chi connectivity index (χ1n) is 4.26. The number of anilines is 1. The first kappa shape index (κ1) is 10.4. The number of benzene rings is 1. The highest BCUT2D eigenvalue weighted by Crippen LogP contribution is 2.29. The summed E-state index contributed by atoms with van der Waals surface area (Å²) in [6, 6.07) is 8.27. The van der Waals surface area contributed by atoms with Crippen LogP contribution in [0.25, 0.3) is 0 Å². The van der Waals surface area contributed by atoms with Crippen molar-refractivity contribution < 1.29 is 0 Å². The van der Waals surface area contributed by atoms with Gasteiger partial charge in [-0.25, -0.2) is 0 Å². The van der Waals surface area contributed by atoms with Crippen LogP contribution in [0.15, 0.2) is 39.8 Å². The van der Waals surface area contributed by atoms with E-state index in [0.717, 1.165) is 21.8 Å². The molecule has 0 saturated carbocycles. The number of nitrogens with zero attached hydrogens (tertiary/aromatic N) is 1. The van der Waals surface area contributed by atoms with Crippen LogP contribution >= 0.6 is 39.5 Å². The van der Waals surface area contributed by atoms with E-state index in [1.54, 1.807) is 11.9 Å². The van der Waals surface area contributed by atoms with Crippen molar-refractivity contribution in [1.29, 1.82) is 0 Å². The van der Waals surface area contributed by atoms with Gasteiger partial charge in [0.25, 0.3) is 0 Å². The van der Waals surface area contributed by atoms with Crippen molar-refractivity contribution in [2.45, 2.75) is 0 Å². The highest BCUT2D eigenvalue weighted by atomic mass is 79.9. The van der Waals surface area contributed by atoms with Crippen LogP contribution in [0, 0.1) is 0 Å². The van der Waals surface area contributed by atoms with Gasteiger partial charge in [-0.05, 0) is 36.2 Å². The van der Waals surface area contributed by atoms with Crippen molar-refractivity contribution >= 4 is 45.2 Å². The molecule has 1 aromatic carbocycles. The molecule has 1 aliphatic rings. The third kappa shape index (κ3) is 2.47. The van der Waals surface area contributed by atoms with E-state index in [9.17, 15) is 0 Å². The Hall–Kier alpha value is -0.120. The molecule has 0 aromatic heterocycles. The van der Waals surface area contributed by atoms with Gasteiger partial charge < -0.3 is 4.31 Å². The third-order valence-electron chi connectivity index (χ3n) is 1.94. The van der Waals surface area contributed by atoms with Crippen LogP contribution in [0.4, 0.5) is 5.69 Å². The highest BCUT2D eigenvalue weighted by molar-refractivity contribution is 9.10. The van der Waals surface area contributed by atoms with Crippen molar-refractivity contribution in [3.63, 3.8) is 0 Å². The Labute approximate surface area is 101 Å². The summed E-state index contributed by atoms with van der Waals surface area (Å²) in [6.07, 6.45) is 2.06. The molecule has 1 heterocycles. The Balaban J connectivity index is 2.16. The van der Waals surface area contributed by atoms with Gasteiger partial charge in [-0.15, -0.1) is 0 Å². The molecule has 0 atom stereocenters. The first-order chi connectivity index (χ1) is 6.75. The van der Waals surface area contributed by atoms with Crippen LogP contribution < -0.4 is 4.31 Å². The Morgan fingerprint density at radius 3 is 2.64 bits per heavy atom. The topological polar surface area (TPSA) is 3.24 Å². The minimum absolute atomic E-state index is 0.799. The average molecular weight is 291 g/mol. The van der Waals surface area contributed by atoms with Gasteiger partial charge in [-0.3, -0.25) is 0 Å². The van der Waals surface area contributed by atoms with Gasteiger partial charge in [0.1, 0.15) is 0 Å². The number of hydrogen-bond donors (Lipinski definition) is 0. The summed E-state index contributed by atoms with van der Waals surface area (Å²) in [5.41, 5.74) is 1.20. The summed E-state index contributed by atoms with van der Waals surface area (Å²) < 4.78 is 3.30. The molecule has 2 rings (SSSR count). The summed E-state index contributed by atoms with van der Waals surface area (Å²) in [4.78, 5) is 0.